The largest absolute Gasteiger partial charge is 0.416 e. The van der Waals surface area contributed by atoms with Crippen molar-refractivity contribution in [2.75, 3.05) is 6.54 Å². The Bertz CT molecular complexity index is 1140. The van der Waals surface area contributed by atoms with Gasteiger partial charge in [0.2, 0.25) is 17.6 Å². The average molecular weight is 455 g/mol. The van der Waals surface area contributed by atoms with Crippen LogP contribution in [0.4, 0.5) is 26.3 Å². The Hall–Kier alpha value is -3.37. The summed E-state index contributed by atoms with van der Waals surface area (Å²) in [6.07, 6.45) is -9.14. The van der Waals surface area contributed by atoms with Gasteiger partial charge in [-0.25, -0.2) is 0 Å². The van der Waals surface area contributed by atoms with E-state index in [1.807, 2.05) is 0 Å². The van der Waals surface area contributed by atoms with E-state index in [1.165, 1.54) is 35.2 Å². The fourth-order valence-electron chi connectivity index (χ4n) is 3.58. The highest BCUT2D eigenvalue weighted by Gasteiger charge is 2.37. The summed E-state index contributed by atoms with van der Waals surface area (Å²) < 4.78 is 83.6. The van der Waals surface area contributed by atoms with E-state index in [-0.39, 0.29) is 48.3 Å². The second-order valence-electron chi connectivity index (χ2n) is 7.37. The smallest absolute Gasteiger partial charge is 0.339 e. The van der Waals surface area contributed by atoms with Gasteiger partial charge in [-0.3, -0.25) is 4.79 Å². The van der Waals surface area contributed by atoms with Crippen molar-refractivity contribution in [1.29, 1.82) is 0 Å². The number of amides is 1. The van der Waals surface area contributed by atoms with Gasteiger partial charge in [0, 0.05) is 25.1 Å². The fraction of sp³-hybridized carbons (Fsp3) is 0.286. The molecule has 4 rings (SSSR count). The lowest BCUT2D eigenvalue weighted by atomic mass is 10.1. The number of rotatable bonds is 4. The lowest BCUT2D eigenvalue weighted by Gasteiger charge is -2.19. The Kier molecular flexibility index (Phi) is 5.43. The summed E-state index contributed by atoms with van der Waals surface area (Å²) in [5.41, 5.74) is -1.63. The number of halogens is 6. The predicted molar refractivity (Wildman–Crippen MR) is 99.0 cm³/mol. The fourth-order valence-corrected chi connectivity index (χ4v) is 3.58. The first-order valence-corrected chi connectivity index (χ1v) is 9.46. The van der Waals surface area contributed by atoms with Crippen LogP contribution in [-0.2, 0) is 23.7 Å². The maximum atomic E-state index is 13.2. The average Bonchev–Trinajstić information content (AvgIpc) is 3.35. The number of hydrogen-bond donors (Lipinski definition) is 0. The van der Waals surface area contributed by atoms with Crippen LogP contribution in [0.2, 0.25) is 0 Å². The highest BCUT2D eigenvalue weighted by atomic mass is 19.4. The number of alkyl halides is 6. The molecule has 1 saturated heterocycles. The minimum absolute atomic E-state index is 0.0378. The number of benzene rings is 2. The van der Waals surface area contributed by atoms with Crippen molar-refractivity contribution in [3.63, 3.8) is 0 Å². The van der Waals surface area contributed by atoms with Gasteiger partial charge >= 0.3 is 12.4 Å². The number of carbonyl (C=O) groups excluding carboxylic acids is 1. The van der Waals surface area contributed by atoms with Crippen molar-refractivity contribution in [2.45, 2.75) is 31.2 Å². The zero-order valence-electron chi connectivity index (χ0n) is 16.2. The molecule has 0 spiro atoms. The summed E-state index contributed by atoms with van der Waals surface area (Å²) in [5, 5.41) is 3.70. The second-order valence-corrected chi connectivity index (χ2v) is 7.37. The van der Waals surface area contributed by atoms with Crippen molar-refractivity contribution in [3.8, 4) is 11.4 Å². The summed E-state index contributed by atoms with van der Waals surface area (Å²) in [4.78, 5) is 17.8. The Morgan fingerprint density at radius 2 is 1.75 bits per heavy atom. The Morgan fingerprint density at radius 3 is 2.47 bits per heavy atom. The minimum Gasteiger partial charge on any atom is -0.339 e. The quantitative estimate of drug-likeness (QED) is 0.502. The van der Waals surface area contributed by atoms with Gasteiger partial charge in [-0.05, 0) is 23.8 Å². The van der Waals surface area contributed by atoms with Crippen molar-refractivity contribution in [1.82, 2.24) is 15.0 Å². The van der Waals surface area contributed by atoms with Gasteiger partial charge in [0.05, 0.1) is 17.0 Å². The standard InChI is InChI=1S/C21H15F6N3O2/c22-20(23,24)15-6-3-5-12(8-15)18-28-19(32-29-18)14-9-17(31)30(11-14)10-13-4-1-2-7-16(13)21(25,26)27/h1-8,14H,9-11H2. The molecule has 0 N–H and O–H groups in total. The molecular formula is C21H15F6N3O2. The van der Waals surface area contributed by atoms with Gasteiger partial charge in [0.25, 0.3) is 0 Å². The topological polar surface area (TPSA) is 59.2 Å². The molecule has 0 bridgehead atoms. The van der Waals surface area contributed by atoms with Crippen LogP contribution in [0.5, 0.6) is 0 Å². The third-order valence-corrected chi connectivity index (χ3v) is 5.14. The molecule has 3 aromatic rings. The first-order chi connectivity index (χ1) is 15.0. The Balaban J connectivity index is 1.51. The highest BCUT2D eigenvalue weighted by molar-refractivity contribution is 5.79. The van der Waals surface area contributed by atoms with E-state index >= 15 is 0 Å². The summed E-state index contributed by atoms with van der Waals surface area (Å²) in [6.45, 7) is -0.186. The molecular weight excluding hydrogens is 440 g/mol. The van der Waals surface area contributed by atoms with Crippen molar-refractivity contribution in [2.24, 2.45) is 0 Å². The van der Waals surface area contributed by atoms with E-state index in [9.17, 15) is 31.1 Å². The molecule has 0 saturated carbocycles. The first kappa shape index (κ1) is 21.8. The molecule has 1 aliphatic rings. The monoisotopic (exact) mass is 455 g/mol. The second kappa shape index (κ2) is 7.95. The maximum absolute atomic E-state index is 13.2. The Labute approximate surface area is 177 Å². The summed E-state index contributed by atoms with van der Waals surface area (Å²) in [7, 11) is 0. The van der Waals surface area contributed by atoms with Gasteiger partial charge in [-0.15, -0.1) is 0 Å². The van der Waals surface area contributed by atoms with E-state index in [4.69, 9.17) is 4.52 Å². The summed E-state index contributed by atoms with van der Waals surface area (Å²) in [6, 6.07) is 9.40. The van der Waals surface area contributed by atoms with Crippen molar-refractivity contribution < 1.29 is 35.7 Å². The third-order valence-electron chi connectivity index (χ3n) is 5.14. The molecule has 32 heavy (non-hydrogen) atoms. The molecule has 168 valence electrons. The van der Waals surface area contributed by atoms with Gasteiger partial charge in [-0.2, -0.15) is 31.3 Å². The first-order valence-electron chi connectivity index (χ1n) is 9.46. The van der Waals surface area contributed by atoms with Crippen LogP contribution >= 0.6 is 0 Å². The van der Waals surface area contributed by atoms with Crippen LogP contribution in [0.15, 0.2) is 53.1 Å². The molecule has 1 atom stereocenters. The van der Waals surface area contributed by atoms with Gasteiger partial charge in [0.1, 0.15) is 0 Å². The van der Waals surface area contributed by atoms with Crippen LogP contribution in [-0.4, -0.2) is 27.5 Å². The zero-order valence-corrected chi connectivity index (χ0v) is 16.2. The number of carbonyl (C=O) groups is 1. The summed E-state index contributed by atoms with van der Waals surface area (Å²) >= 11 is 0. The van der Waals surface area contributed by atoms with Crippen LogP contribution in [0, 0.1) is 0 Å². The maximum Gasteiger partial charge on any atom is 0.416 e. The van der Waals surface area contributed by atoms with Gasteiger partial charge < -0.3 is 9.42 Å². The molecule has 2 heterocycles. The molecule has 0 aliphatic carbocycles. The number of likely N-dealkylation sites (tertiary alicyclic amines) is 1. The van der Waals surface area contributed by atoms with Crippen molar-refractivity contribution in [3.05, 3.63) is 71.1 Å². The van der Waals surface area contributed by atoms with E-state index < -0.39 is 29.4 Å². The minimum atomic E-state index is -4.55. The molecule has 1 aliphatic heterocycles. The van der Waals surface area contributed by atoms with E-state index in [1.54, 1.807) is 0 Å². The zero-order chi connectivity index (χ0) is 23.1. The van der Waals surface area contributed by atoms with Crippen LogP contribution in [0.3, 0.4) is 0 Å². The number of nitrogens with zero attached hydrogens (tertiary/aromatic N) is 3. The van der Waals surface area contributed by atoms with Gasteiger partial charge in [-0.1, -0.05) is 35.5 Å². The molecule has 1 aromatic heterocycles. The lowest BCUT2D eigenvalue weighted by Crippen LogP contribution is -2.26. The lowest BCUT2D eigenvalue weighted by molar-refractivity contribution is -0.139. The van der Waals surface area contributed by atoms with E-state index in [2.05, 4.69) is 10.1 Å². The SMILES string of the molecule is O=C1CC(c2nc(-c3cccc(C(F)(F)F)c3)no2)CN1Cc1ccccc1C(F)(F)F. The number of aromatic nitrogens is 2. The van der Waals surface area contributed by atoms with E-state index in [0.29, 0.717) is 0 Å². The molecule has 0 radical (unpaired) electrons. The predicted octanol–water partition coefficient (Wildman–Crippen LogP) is 5.29. The van der Waals surface area contributed by atoms with E-state index in [0.717, 1.165) is 18.2 Å². The molecule has 1 fully saturated rings. The third kappa shape index (κ3) is 4.46. The Morgan fingerprint density at radius 1 is 1.00 bits per heavy atom. The molecule has 11 heteroatoms. The van der Waals surface area contributed by atoms with Crippen LogP contribution in [0.1, 0.15) is 34.9 Å². The van der Waals surface area contributed by atoms with Gasteiger partial charge in [0.15, 0.2) is 0 Å². The normalized spacial score (nSPS) is 17.2. The van der Waals surface area contributed by atoms with Crippen LogP contribution in [0.25, 0.3) is 11.4 Å². The molecule has 1 unspecified atom stereocenters. The molecule has 5 nitrogen and oxygen atoms in total. The molecule has 1 amide bonds. The number of hydrogen-bond acceptors (Lipinski definition) is 4. The van der Waals surface area contributed by atoms with Crippen LogP contribution < -0.4 is 0 Å². The molecule has 2 aromatic carbocycles. The summed E-state index contributed by atoms with van der Waals surface area (Å²) in [5.74, 6) is -0.991. The highest BCUT2D eigenvalue weighted by Crippen LogP contribution is 2.35. The van der Waals surface area contributed by atoms with Crippen molar-refractivity contribution >= 4 is 5.91 Å².